The summed E-state index contributed by atoms with van der Waals surface area (Å²) >= 11 is 0. The Morgan fingerprint density at radius 2 is 2.29 bits per heavy atom. The fourth-order valence-electron chi connectivity index (χ4n) is 1.65. The van der Waals surface area contributed by atoms with Crippen LogP contribution in [0.3, 0.4) is 0 Å². The van der Waals surface area contributed by atoms with Crippen molar-refractivity contribution in [3.8, 4) is 0 Å². The van der Waals surface area contributed by atoms with Crippen LogP contribution in [-0.4, -0.2) is 16.7 Å². The number of hydrogen-bond donors (Lipinski definition) is 2. The van der Waals surface area contributed by atoms with E-state index in [4.69, 9.17) is 5.84 Å². The van der Waals surface area contributed by atoms with Crippen LogP contribution in [0.15, 0.2) is 24.5 Å². The summed E-state index contributed by atoms with van der Waals surface area (Å²) in [4.78, 5) is 27.4. The molecule has 0 saturated heterocycles. The van der Waals surface area contributed by atoms with Gasteiger partial charge in [0.25, 0.3) is 0 Å². The molecule has 5 nitrogen and oxygen atoms in total. The number of carbonyl (C=O) groups excluding carboxylic acids is 2. The SMILES string of the molecule is CCCC(C(=O)Cc1cccnc1)C(=O)NN. The van der Waals surface area contributed by atoms with Crippen LogP contribution in [0.5, 0.6) is 0 Å². The number of hydrazine groups is 1. The molecule has 0 spiro atoms. The molecule has 1 aromatic heterocycles. The third kappa shape index (κ3) is 3.96. The van der Waals surface area contributed by atoms with Gasteiger partial charge in [0.15, 0.2) is 0 Å². The highest BCUT2D eigenvalue weighted by atomic mass is 16.2. The van der Waals surface area contributed by atoms with Gasteiger partial charge < -0.3 is 0 Å². The number of carbonyl (C=O) groups is 2. The smallest absolute Gasteiger partial charge is 0.244 e. The number of hydrogen-bond acceptors (Lipinski definition) is 4. The summed E-state index contributed by atoms with van der Waals surface area (Å²) in [6, 6.07) is 3.58. The van der Waals surface area contributed by atoms with Crippen molar-refractivity contribution in [3.05, 3.63) is 30.1 Å². The minimum Gasteiger partial charge on any atom is -0.298 e. The van der Waals surface area contributed by atoms with Crippen LogP contribution in [0.2, 0.25) is 0 Å². The third-order valence-electron chi connectivity index (χ3n) is 2.53. The van der Waals surface area contributed by atoms with Gasteiger partial charge in [-0.05, 0) is 18.1 Å². The number of nitrogens with one attached hydrogen (secondary N) is 1. The molecule has 17 heavy (non-hydrogen) atoms. The van der Waals surface area contributed by atoms with Crippen molar-refractivity contribution >= 4 is 11.7 Å². The first-order chi connectivity index (χ1) is 8.19. The van der Waals surface area contributed by atoms with Gasteiger partial charge >= 0.3 is 0 Å². The molecule has 0 radical (unpaired) electrons. The molecule has 1 atom stereocenters. The zero-order valence-electron chi connectivity index (χ0n) is 9.85. The number of ketones is 1. The van der Waals surface area contributed by atoms with Gasteiger partial charge in [0.05, 0.1) is 5.92 Å². The summed E-state index contributed by atoms with van der Waals surface area (Å²) in [6.45, 7) is 1.92. The Morgan fingerprint density at radius 1 is 1.53 bits per heavy atom. The average Bonchev–Trinajstić information content (AvgIpc) is 2.36. The number of amides is 1. The maximum atomic E-state index is 12.0. The lowest BCUT2D eigenvalue weighted by molar-refractivity contribution is -0.134. The molecule has 0 aromatic carbocycles. The van der Waals surface area contributed by atoms with E-state index in [2.05, 4.69) is 4.98 Å². The molecule has 3 N–H and O–H groups in total. The largest absolute Gasteiger partial charge is 0.298 e. The predicted molar refractivity (Wildman–Crippen MR) is 63.7 cm³/mol. The lowest BCUT2D eigenvalue weighted by atomic mass is 9.94. The molecule has 0 fully saturated rings. The van der Waals surface area contributed by atoms with E-state index in [1.165, 1.54) is 0 Å². The monoisotopic (exact) mass is 235 g/mol. The number of Topliss-reactive ketones (excluding diaryl/α,β-unsaturated/α-hetero) is 1. The third-order valence-corrected chi connectivity index (χ3v) is 2.53. The normalized spacial score (nSPS) is 11.9. The molecule has 1 amide bonds. The molecule has 5 heteroatoms. The minimum atomic E-state index is -0.662. The van der Waals surface area contributed by atoms with E-state index >= 15 is 0 Å². The highest BCUT2D eigenvalue weighted by Crippen LogP contribution is 2.11. The highest BCUT2D eigenvalue weighted by molar-refractivity contribution is 6.01. The summed E-state index contributed by atoms with van der Waals surface area (Å²) in [5.74, 6) is 3.87. The van der Waals surface area contributed by atoms with Crippen molar-refractivity contribution in [3.63, 3.8) is 0 Å². The zero-order valence-corrected chi connectivity index (χ0v) is 9.85. The standard InChI is InChI=1S/C12H17N3O2/c1-2-4-10(12(17)15-13)11(16)7-9-5-3-6-14-8-9/h3,5-6,8,10H,2,4,7,13H2,1H3,(H,15,17). The Balaban J connectivity index is 2.69. The average molecular weight is 235 g/mol. The lowest BCUT2D eigenvalue weighted by Gasteiger charge is -2.12. The minimum absolute atomic E-state index is 0.122. The Labute approximate surface area is 100 Å². The topological polar surface area (TPSA) is 85.1 Å². The van der Waals surface area contributed by atoms with Crippen molar-refractivity contribution in [2.75, 3.05) is 0 Å². The van der Waals surface area contributed by atoms with E-state index in [1.54, 1.807) is 18.5 Å². The number of rotatable bonds is 6. The van der Waals surface area contributed by atoms with E-state index < -0.39 is 11.8 Å². The summed E-state index contributed by atoms with van der Waals surface area (Å²) in [5, 5.41) is 0. The van der Waals surface area contributed by atoms with E-state index in [-0.39, 0.29) is 12.2 Å². The van der Waals surface area contributed by atoms with Gasteiger partial charge in [-0.1, -0.05) is 19.4 Å². The van der Waals surface area contributed by atoms with E-state index in [0.29, 0.717) is 6.42 Å². The van der Waals surface area contributed by atoms with Gasteiger partial charge in [0, 0.05) is 18.8 Å². The van der Waals surface area contributed by atoms with Crippen molar-refractivity contribution in [1.29, 1.82) is 0 Å². The van der Waals surface area contributed by atoms with Gasteiger partial charge in [-0.3, -0.25) is 20.0 Å². The molecule has 1 rings (SSSR count). The molecular weight excluding hydrogens is 218 g/mol. The van der Waals surface area contributed by atoms with Crippen LogP contribution >= 0.6 is 0 Å². The molecule has 1 heterocycles. The molecule has 92 valence electrons. The van der Waals surface area contributed by atoms with Gasteiger partial charge in [-0.15, -0.1) is 0 Å². The molecule has 1 aromatic rings. The second kappa shape index (κ2) is 6.75. The van der Waals surface area contributed by atoms with Gasteiger partial charge in [-0.2, -0.15) is 0 Å². The summed E-state index contributed by atoms with van der Waals surface area (Å²) < 4.78 is 0. The van der Waals surface area contributed by atoms with Crippen LogP contribution < -0.4 is 11.3 Å². The van der Waals surface area contributed by atoms with Gasteiger partial charge in [0.1, 0.15) is 5.78 Å². The number of pyridine rings is 1. The molecule has 1 unspecified atom stereocenters. The van der Waals surface area contributed by atoms with E-state index in [0.717, 1.165) is 12.0 Å². The predicted octanol–water partition coefficient (Wildman–Crippen LogP) is 0.599. The molecule has 0 aliphatic rings. The Bertz CT molecular complexity index is 379. The Morgan fingerprint density at radius 3 is 2.82 bits per heavy atom. The summed E-state index contributed by atoms with van der Waals surface area (Å²) in [7, 11) is 0. The maximum absolute atomic E-state index is 12.0. The molecular formula is C12H17N3O2. The first-order valence-electron chi connectivity index (χ1n) is 5.61. The highest BCUT2D eigenvalue weighted by Gasteiger charge is 2.24. The van der Waals surface area contributed by atoms with Crippen molar-refractivity contribution in [2.24, 2.45) is 11.8 Å². The van der Waals surface area contributed by atoms with Crippen molar-refractivity contribution in [1.82, 2.24) is 10.4 Å². The second-order valence-corrected chi connectivity index (χ2v) is 3.85. The summed E-state index contributed by atoms with van der Waals surface area (Å²) in [6.07, 6.45) is 4.76. The number of nitrogens with zero attached hydrogens (tertiary/aromatic N) is 1. The number of aromatic nitrogens is 1. The fraction of sp³-hybridized carbons (Fsp3) is 0.417. The van der Waals surface area contributed by atoms with Crippen molar-refractivity contribution < 1.29 is 9.59 Å². The quantitative estimate of drug-likeness (QED) is 0.327. The lowest BCUT2D eigenvalue weighted by Crippen LogP contribution is -2.40. The van der Waals surface area contributed by atoms with Gasteiger partial charge in [0.2, 0.25) is 5.91 Å². The maximum Gasteiger partial charge on any atom is 0.244 e. The molecule has 0 saturated carbocycles. The van der Waals surface area contributed by atoms with Crippen LogP contribution in [0, 0.1) is 5.92 Å². The van der Waals surface area contributed by atoms with Crippen LogP contribution in [0.25, 0.3) is 0 Å². The van der Waals surface area contributed by atoms with E-state index in [1.807, 2.05) is 18.4 Å². The van der Waals surface area contributed by atoms with Crippen LogP contribution in [-0.2, 0) is 16.0 Å². The summed E-state index contributed by atoms with van der Waals surface area (Å²) in [5.41, 5.74) is 2.85. The molecule has 0 aliphatic carbocycles. The Hall–Kier alpha value is -1.75. The fourth-order valence-corrected chi connectivity index (χ4v) is 1.65. The first-order valence-corrected chi connectivity index (χ1v) is 5.61. The molecule has 0 aliphatic heterocycles. The van der Waals surface area contributed by atoms with E-state index in [9.17, 15) is 9.59 Å². The second-order valence-electron chi connectivity index (χ2n) is 3.85. The zero-order chi connectivity index (χ0) is 12.7. The first kappa shape index (κ1) is 13.3. The van der Waals surface area contributed by atoms with Gasteiger partial charge in [-0.25, -0.2) is 5.84 Å². The number of nitrogens with two attached hydrogens (primary N) is 1. The van der Waals surface area contributed by atoms with Crippen LogP contribution in [0.1, 0.15) is 25.3 Å². The Kier molecular flexibility index (Phi) is 5.29. The molecule has 0 bridgehead atoms. The van der Waals surface area contributed by atoms with Crippen molar-refractivity contribution in [2.45, 2.75) is 26.2 Å². The van der Waals surface area contributed by atoms with Crippen LogP contribution in [0.4, 0.5) is 0 Å².